The fourth-order valence-corrected chi connectivity index (χ4v) is 1.20. The van der Waals surface area contributed by atoms with Crippen molar-refractivity contribution >= 4 is 7.85 Å². The van der Waals surface area contributed by atoms with Crippen LogP contribution in [0.4, 0.5) is 0 Å². The second-order valence-corrected chi connectivity index (χ2v) is 2.71. The van der Waals surface area contributed by atoms with Crippen molar-refractivity contribution in [3.63, 3.8) is 0 Å². The molecule has 0 bridgehead atoms. The predicted octanol–water partition coefficient (Wildman–Crippen LogP) is 0.722. The summed E-state index contributed by atoms with van der Waals surface area (Å²) in [7, 11) is 5.45. The van der Waals surface area contributed by atoms with Gasteiger partial charge in [0.05, 0.1) is 6.54 Å². The van der Waals surface area contributed by atoms with Crippen molar-refractivity contribution in [2.75, 3.05) is 0 Å². The molecule has 1 aliphatic heterocycles. The summed E-state index contributed by atoms with van der Waals surface area (Å²) >= 11 is 0. The lowest BCUT2D eigenvalue weighted by Crippen LogP contribution is -2.40. The molecule has 12 heavy (non-hydrogen) atoms. The SMILES string of the molecule is [B]C1Oc2ccccc2CN1O. The molecule has 0 aliphatic carbocycles. The van der Waals surface area contributed by atoms with E-state index in [1.165, 1.54) is 0 Å². The second-order valence-electron chi connectivity index (χ2n) is 2.71. The molecule has 0 fully saturated rings. The Morgan fingerprint density at radius 1 is 1.50 bits per heavy atom. The van der Waals surface area contributed by atoms with Crippen molar-refractivity contribution in [3.8, 4) is 5.75 Å². The minimum Gasteiger partial charge on any atom is -0.483 e. The van der Waals surface area contributed by atoms with Crippen LogP contribution in [0.3, 0.4) is 0 Å². The number of ether oxygens (including phenoxy) is 1. The number of benzene rings is 1. The number of para-hydroxylation sites is 1. The third-order valence-electron chi connectivity index (χ3n) is 1.85. The molecule has 1 aromatic rings. The zero-order valence-electron chi connectivity index (χ0n) is 6.47. The lowest BCUT2D eigenvalue weighted by Gasteiger charge is -2.30. The maximum absolute atomic E-state index is 9.21. The zero-order chi connectivity index (χ0) is 8.55. The van der Waals surface area contributed by atoms with Crippen LogP contribution in [0.15, 0.2) is 24.3 Å². The lowest BCUT2D eigenvalue weighted by atomic mass is 10.0. The van der Waals surface area contributed by atoms with E-state index in [0.29, 0.717) is 6.54 Å². The molecule has 3 nitrogen and oxygen atoms in total. The minimum atomic E-state index is -0.750. The monoisotopic (exact) mass is 161 g/mol. The highest BCUT2D eigenvalue weighted by molar-refractivity contribution is 6.10. The van der Waals surface area contributed by atoms with Crippen LogP contribution in [0.1, 0.15) is 5.56 Å². The van der Waals surface area contributed by atoms with E-state index in [-0.39, 0.29) is 0 Å². The highest BCUT2D eigenvalue weighted by atomic mass is 16.6. The van der Waals surface area contributed by atoms with Crippen LogP contribution in [0, 0.1) is 0 Å². The lowest BCUT2D eigenvalue weighted by molar-refractivity contribution is -0.171. The van der Waals surface area contributed by atoms with Crippen molar-refractivity contribution < 1.29 is 9.94 Å². The van der Waals surface area contributed by atoms with Gasteiger partial charge in [-0.2, -0.15) is 5.06 Å². The molecule has 0 saturated carbocycles. The molecule has 1 heterocycles. The Bertz CT molecular complexity index is 263. The van der Waals surface area contributed by atoms with Gasteiger partial charge in [0, 0.05) is 5.56 Å². The second kappa shape index (κ2) is 2.81. The molecule has 4 heteroatoms. The highest BCUT2D eigenvalue weighted by Crippen LogP contribution is 2.25. The summed E-state index contributed by atoms with van der Waals surface area (Å²) in [6.07, 6.45) is -0.750. The van der Waals surface area contributed by atoms with Gasteiger partial charge in [0.1, 0.15) is 11.9 Å². The maximum Gasteiger partial charge on any atom is 0.152 e. The van der Waals surface area contributed by atoms with Crippen molar-refractivity contribution in [2.24, 2.45) is 0 Å². The normalized spacial score (nSPS) is 22.9. The van der Waals surface area contributed by atoms with E-state index in [0.717, 1.165) is 16.4 Å². The molecule has 1 aliphatic rings. The summed E-state index contributed by atoms with van der Waals surface area (Å²) in [6, 6.07) is 7.50. The Labute approximate surface area is 71.9 Å². The van der Waals surface area contributed by atoms with E-state index in [1.807, 2.05) is 24.3 Å². The number of rotatable bonds is 0. The molecule has 1 atom stereocenters. The van der Waals surface area contributed by atoms with E-state index in [9.17, 15) is 5.21 Å². The van der Waals surface area contributed by atoms with Gasteiger partial charge >= 0.3 is 0 Å². The van der Waals surface area contributed by atoms with Crippen LogP contribution in [0.5, 0.6) is 5.75 Å². The average Bonchev–Trinajstić information content (AvgIpc) is 2.07. The molecule has 0 spiro atoms. The van der Waals surface area contributed by atoms with Crippen molar-refractivity contribution in [3.05, 3.63) is 29.8 Å². The van der Waals surface area contributed by atoms with Crippen LogP contribution >= 0.6 is 0 Å². The first-order chi connectivity index (χ1) is 5.77. The smallest absolute Gasteiger partial charge is 0.152 e. The number of hydrogen-bond acceptors (Lipinski definition) is 3. The average molecular weight is 161 g/mol. The Morgan fingerprint density at radius 2 is 2.25 bits per heavy atom. The Kier molecular flexibility index (Phi) is 1.79. The van der Waals surface area contributed by atoms with Gasteiger partial charge in [-0.1, -0.05) is 18.2 Å². The van der Waals surface area contributed by atoms with Crippen LogP contribution in [0.2, 0.25) is 0 Å². The van der Waals surface area contributed by atoms with Gasteiger partial charge in [-0.15, -0.1) is 0 Å². The maximum atomic E-state index is 9.21. The van der Waals surface area contributed by atoms with Gasteiger partial charge < -0.3 is 9.94 Å². The van der Waals surface area contributed by atoms with E-state index < -0.39 is 6.13 Å². The van der Waals surface area contributed by atoms with Gasteiger partial charge in [-0.3, -0.25) is 0 Å². The van der Waals surface area contributed by atoms with Gasteiger partial charge in [-0.25, -0.2) is 0 Å². The van der Waals surface area contributed by atoms with Gasteiger partial charge in [0.2, 0.25) is 0 Å². The number of fused-ring (bicyclic) bond motifs is 1. The summed E-state index contributed by atoms with van der Waals surface area (Å²) in [6.45, 7) is 0.414. The molecule has 1 unspecified atom stereocenters. The molecule has 60 valence electrons. The van der Waals surface area contributed by atoms with Crippen molar-refractivity contribution in [1.29, 1.82) is 0 Å². The van der Waals surface area contributed by atoms with Crippen LogP contribution in [0.25, 0.3) is 0 Å². The first-order valence-corrected chi connectivity index (χ1v) is 3.73. The molecule has 2 rings (SSSR count). The summed E-state index contributed by atoms with van der Waals surface area (Å²) < 4.78 is 5.20. The van der Waals surface area contributed by atoms with Crippen LogP contribution < -0.4 is 4.74 Å². The zero-order valence-corrected chi connectivity index (χ0v) is 6.47. The van der Waals surface area contributed by atoms with Gasteiger partial charge in [-0.05, 0) is 6.07 Å². The Hall–Kier alpha value is -0.995. The number of hydroxylamine groups is 2. The minimum absolute atomic E-state index is 0.414. The third kappa shape index (κ3) is 1.19. The summed E-state index contributed by atoms with van der Waals surface area (Å²) in [5.74, 6) is 0.746. The molecule has 1 aromatic carbocycles. The number of hydrogen-bond donors (Lipinski definition) is 1. The predicted molar refractivity (Wildman–Crippen MR) is 43.9 cm³/mol. The molecule has 0 aromatic heterocycles. The summed E-state index contributed by atoms with van der Waals surface area (Å²) in [5.41, 5.74) is 0.946. The standard InChI is InChI=1S/C8H8BNO2/c9-8-10(11)5-6-3-1-2-4-7(6)12-8/h1-4,8,11H,5H2. The van der Waals surface area contributed by atoms with E-state index in [4.69, 9.17) is 12.6 Å². The van der Waals surface area contributed by atoms with Gasteiger partial charge in [0.15, 0.2) is 7.85 Å². The van der Waals surface area contributed by atoms with E-state index >= 15 is 0 Å². The van der Waals surface area contributed by atoms with Crippen molar-refractivity contribution in [1.82, 2.24) is 5.06 Å². The largest absolute Gasteiger partial charge is 0.483 e. The number of nitrogens with zero attached hydrogens (tertiary/aromatic N) is 1. The van der Waals surface area contributed by atoms with Crippen LogP contribution in [-0.4, -0.2) is 24.2 Å². The highest BCUT2D eigenvalue weighted by Gasteiger charge is 2.20. The quantitative estimate of drug-likeness (QED) is 0.569. The molecular weight excluding hydrogens is 153 g/mol. The molecular formula is C8H8BNO2. The molecule has 2 radical (unpaired) electrons. The van der Waals surface area contributed by atoms with Gasteiger partial charge in [0.25, 0.3) is 0 Å². The summed E-state index contributed by atoms with van der Waals surface area (Å²) in [5, 5.41) is 10.2. The van der Waals surface area contributed by atoms with Crippen LogP contribution in [-0.2, 0) is 6.54 Å². The summed E-state index contributed by atoms with van der Waals surface area (Å²) in [4.78, 5) is 0. The van der Waals surface area contributed by atoms with E-state index in [1.54, 1.807) is 0 Å². The third-order valence-corrected chi connectivity index (χ3v) is 1.85. The molecule has 0 saturated heterocycles. The first-order valence-electron chi connectivity index (χ1n) is 3.73. The fourth-order valence-electron chi connectivity index (χ4n) is 1.20. The van der Waals surface area contributed by atoms with Crippen molar-refractivity contribution in [2.45, 2.75) is 12.7 Å². The topological polar surface area (TPSA) is 32.7 Å². The first kappa shape index (κ1) is 7.64. The molecule has 1 N–H and O–H groups in total. The van der Waals surface area contributed by atoms with E-state index in [2.05, 4.69) is 0 Å². The molecule has 0 amide bonds. The Balaban J connectivity index is 2.34. The Morgan fingerprint density at radius 3 is 3.08 bits per heavy atom. The fraction of sp³-hybridized carbons (Fsp3) is 0.250.